The zero-order chi connectivity index (χ0) is 22.0. The van der Waals surface area contributed by atoms with Gasteiger partial charge in [-0.3, -0.25) is 10.1 Å². The van der Waals surface area contributed by atoms with E-state index in [4.69, 9.17) is 4.74 Å². The molecule has 0 spiro atoms. The van der Waals surface area contributed by atoms with Crippen LogP contribution in [0.15, 0.2) is 77.7 Å². The fourth-order valence-electron chi connectivity index (χ4n) is 2.80. The summed E-state index contributed by atoms with van der Waals surface area (Å²) in [5.41, 5.74) is 1.07. The molecule has 1 amide bonds. The number of nitrogens with one attached hydrogen (secondary N) is 1. The van der Waals surface area contributed by atoms with Gasteiger partial charge in [0.05, 0.1) is 15.1 Å². The minimum absolute atomic E-state index is 0.181. The van der Waals surface area contributed by atoms with Crippen LogP contribution in [0.1, 0.15) is 10.4 Å². The fourth-order valence-corrected chi connectivity index (χ4v) is 4.70. The number of carbonyl (C=O) groups excluding carboxylic acids is 1. The maximum absolute atomic E-state index is 12.6. The Morgan fingerprint density at radius 3 is 2.32 bits per heavy atom. The Bertz CT molecular complexity index is 1330. The smallest absolute Gasteiger partial charge is 0.257 e. The van der Waals surface area contributed by atoms with Crippen molar-refractivity contribution in [1.82, 2.24) is 9.29 Å². The van der Waals surface area contributed by atoms with Gasteiger partial charge in [-0.2, -0.15) is 0 Å². The lowest BCUT2D eigenvalue weighted by Gasteiger charge is -2.10. The van der Waals surface area contributed by atoms with Crippen LogP contribution < -0.4 is 10.1 Å². The summed E-state index contributed by atoms with van der Waals surface area (Å²) in [7, 11) is -0.579. The van der Waals surface area contributed by atoms with E-state index < -0.39 is 10.0 Å². The molecule has 1 aromatic heterocycles. The Labute approximate surface area is 184 Å². The van der Waals surface area contributed by atoms with Gasteiger partial charge < -0.3 is 4.74 Å². The summed E-state index contributed by atoms with van der Waals surface area (Å²) >= 11 is 1.22. The Kier molecular flexibility index (Phi) is 5.73. The fraction of sp³-hybridized carbons (Fsp3) is 0.0909. The summed E-state index contributed by atoms with van der Waals surface area (Å²) in [6.07, 6.45) is 0. The van der Waals surface area contributed by atoms with Crippen molar-refractivity contribution in [3.63, 3.8) is 0 Å². The van der Waals surface area contributed by atoms with Crippen molar-refractivity contribution in [3.05, 3.63) is 78.4 Å². The van der Waals surface area contributed by atoms with E-state index in [1.807, 2.05) is 30.3 Å². The maximum atomic E-state index is 12.6. The van der Waals surface area contributed by atoms with Gasteiger partial charge in [0.15, 0.2) is 5.13 Å². The summed E-state index contributed by atoms with van der Waals surface area (Å²) < 4.78 is 32.2. The zero-order valence-electron chi connectivity index (χ0n) is 16.8. The molecule has 0 fully saturated rings. The third-order valence-electron chi connectivity index (χ3n) is 4.45. The number of carbonyl (C=O) groups is 1. The lowest BCUT2D eigenvalue weighted by atomic mass is 10.2. The minimum atomic E-state index is -3.54. The predicted molar refractivity (Wildman–Crippen MR) is 121 cm³/mol. The quantitative estimate of drug-likeness (QED) is 0.461. The number of aromatic nitrogens is 1. The predicted octanol–water partition coefficient (Wildman–Crippen LogP) is 4.59. The van der Waals surface area contributed by atoms with Crippen LogP contribution in [0.3, 0.4) is 0 Å². The number of sulfonamides is 1. The number of anilines is 1. The number of thiazole rings is 1. The van der Waals surface area contributed by atoms with E-state index in [1.54, 1.807) is 36.4 Å². The summed E-state index contributed by atoms with van der Waals surface area (Å²) in [4.78, 5) is 17.1. The highest BCUT2D eigenvalue weighted by Gasteiger charge is 2.19. The second kappa shape index (κ2) is 8.46. The van der Waals surface area contributed by atoms with Crippen molar-refractivity contribution in [3.8, 4) is 11.5 Å². The van der Waals surface area contributed by atoms with E-state index in [-0.39, 0.29) is 10.8 Å². The average molecular weight is 454 g/mol. The molecule has 4 rings (SSSR count). The standard InChI is InChI=1S/C22H19N3O4S2/c1-25(2)31(27,28)18-12-13-19-20(14-18)30-22(23-19)24-21(26)15-8-10-17(11-9-15)29-16-6-4-3-5-7-16/h3-14H,1-2H3,(H,23,24,26). The molecule has 0 saturated heterocycles. The molecule has 4 aromatic rings. The van der Waals surface area contributed by atoms with Gasteiger partial charge in [0.25, 0.3) is 5.91 Å². The first-order valence-electron chi connectivity index (χ1n) is 9.30. The van der Waals surface area contributed by atoms with Gasteiger partial charge in [-0.1, -0.05) is 29.5 Å². The summed E-state index contributed by atoms with van der Waals surface area (Å²) in [5.74, 6) is 1.02. The molecule has 0 atom stereocenters. The summed E-state index contributed by atoms with van der Waals surface area (Å²) in [5, 5.41) is 3.16. The summed E-state index contributed by atoms with van der Waals surface area (Å²) in [6, 6.07) is 20.9. The lowest BCUT2D eigenvalue weighted by Crippen LogP contribution is -2.22. The normalized spacial score (nSPS) is 11.6. The number of hydrogen-bond acceptors (Lipinski definition) is 6. The Morgan fingerprint density at radius 1 is 0.968 bits per heavy atom. The van der Waals surface area contributed by atoms with Crippen LogP contribution in [-0.2, 0) is 10.0 Å². The van der Waals surface area contributed by atoms with Crippen LogP contribution in [0, 0.1) is 0 Å². The van der Waals surface area contributed by atoms with E-state index in [1.165, 1.54) is 31.5 Å². The van der Waals surface area contributed by atoms with Gasteiger partial charge in [0.1, 0.15) is 11.5 Å². The van der Waals surface area contributed by atoms with Crippen LogP contribution in [0.25, 0.3) is 10.2 Å². The van der Waals surface area contributed by atoms with Gasteiger partial charge in [0, 0.05) is 19.7 Å². The van der Waals surface area contributed by atoms with Gasteiger partial charge in [0.2, 0.25) is 10.0 Å². The topological polar surface area (TPSA) is 88.6 Å². The van der Waals surface area contributed by atoms with E-state index in [2.05, 4.69) is 10.3 Å². The van der Waals surface area contributed by atoms with Crippen LogP contribution in [-0.4, -0.2) is 37.7 Å². The Morgan fingerprint density at radius 2 is 1.65 bits per heavy atom. The number of para-hydroxylation sites is 1. The highest BCUT2D eigenvalue weighted by molar-refractivity contribution is 7.89. The van der Waals surface area contributed by atoms with Gasteiger partial charge >= 0.3 is 0 Å². The van der Waals surface area contributed by atoms with Crippen molar-refractivity contribution < 1.29 is 17.9 Å². The molecule has 31 heavy (non-hydrogen) atoms. The van der Waals surface area contributed by atoms with Crippen LogP contribution in [0.5, 0.6) is 11.5 Å². The molecule has 3 aromatic carbocycles. The molecule has 9 heteroatoms. The number of ether oxygens (including phenoxy) is 1. The zero-order valence-corrected chi connectivity index (χ0v) is 18.4. The molecule has 0 saturated carbocycles. The molecular formula is C22H19N3O4S2. The molecular weight excluding hydrogens is 434 g/mol. The van der Waals surface area contributed by atoms with Crippen molar-refractivity contribution in [2.45, 2.75) is 4.90 Å². The molecule has 7 nitrogen and oxygen atoms in total. The molecule has 158 valence electrons. The SMILES string of the molecule is CN(C)S(=O)(=O)c1ccc2nc(NC(=O)c3ccc(Oc4ccccc4)cc3)sc2c1. The molecule has 0 bridgehead atoms. The summed E-state index contributed by atoms with van der Waals surface area (Å²) in [6.45, 7) is 0. The minimum Gasteiger partial charge on any atom is -0.457 e. The average Bonchev–Trinajstić information content (AvgIpc) is 3.16. The molecule has 0 aliphatic heterocycles. The van der Waals surface area contributed by atoms with E-state index in [0.29, 0.717) is 32.4 Å². The third kappa shape index (κ3) is 4.58. The van der Waals surface area contributed by atoms with E-state index in [0.717, 1.165) is 4.31 Å². The van der Waals surface area contributed by atoms with Crippen molar-refractivity contribution in [2.75, 3.05) is 19.4 Å². The maximum Gasteiger partial charge on any atom is 0.257 e. The van der Waals surface area contributed by atoms with Crippen molar-refractivity contribution in [1.29, 1.82) is 0 Å². The van der Waals surface area contributed by atoms with Crippen molar-refractivity contribution in [2.24, 2.45) is 0 Å². The second-order valence-corrected chi connectivity index (χ2v) is 10.0. The number of nitrogens with zero attached hydrogens (tertiary/aromatic N) is 2. The third-order valence-corrected chi connectivity index (χ3v) is 7.20. The highest BCUT2D eigenvalue weighted by Crippen LogP contribution is 2.29. The van der Waals surface area contributed by atoms with E-state index in [9.17, 15) is 13.2 Å². The van der Waals surface area contributed by atoms with Crippen molar-refractivity contribution >= 4 is 42.6 Å². The Hall–Kier alpha value is -3.27. The van der Waals surface area contributed by atoms with Gasteiger partial charge in [-0.05, 0) is 54.6 Å². The van der Waals surface area contributed by atoms with Crippen LogP contribution in [0.4, 0.5) is 5.13 Å². The monoisotopic (exact) mass is 453 g/mol. The van der Waals surface area contributed by atoms with E-state index >= 15 is 0 Å². The number of amides is 1. The first kappa shape index (κ1) is 21.0. The first-order valence-corrected chi connectivity index (χ1v) is 11.6. The van der Waals surface area contributed by atoms with Crippen LogP contribution >= 0.6 is 11.3 Å². The van der Waals surface area contributed by atoms with Gasteiger partial charge in [-0.15, -0.1) is 0 Å². The molecule has 1 heterocycles. The molecule has 0 aliphatic carbocycles. The largest absolute Gasteiger partial charge is 0.457 e. The number of fused-ring (bicyclic) bond motifs is 1. The first-order chi connectivity index (χ1) is 14.8. The van der Waals surface area contributed by atoms with Crippen LogP contribution in [0.2, 0.25) is 0 Å². The molecule has 0 unspecified atom stereocenters. The highest BCUT2D eigenvalue weighted by atomic mass is 32.2. The number of rotatable bonds is 6. The second-order valence-electron chi connectivity index (χ2n) is 6.83. The Balaban J connectivity index is 1.49. The van der Waals surface area contributed by atoms with Gasteiger partial charge in [-0.25, -0.2) is 17.7 Å². The molecule has 0 aliphatic rings. The number of hydrogen-bond donors (Lipinski definition) is 1. The lowest BCUT2D eigenvalue weighted by molar-refractivity contribution is 0.102. The molecule has 0 radical (unpaired) electrons. The molecule has 1 N–H and O–H groups in total. The number of benzene rings is 3.